The Morgan fingerprint density at radius 2 is 2.14 bits per heavy atom. The van der Waals surface area contributed by atoms with Crippen LogP contribution in [0.25, 0.3) is 6.08 Å². The van der Waals surface area contributed by atoms with Crippen molar-refractivity contribution in [3.8, 4) is 17.6 Å². The third-order valence-electron chi connectivity index (χ3n) is 2.53. The molecule has 1 aromatic carbocycles. The first-order chi connectivity index (χ1) is 9.92. The van der Waals surface area contributed by atoms with Crippen LogP contribution >= 0.6 is 0 Å². The third-order valence-corrected chi connectivity index (χ3v) is 2.53. The van der Waals surface area contributed by atoms with Crippen molar-refractivity contribution in [2.75, 3.05) is 5.73 Å². The number of Topliss-reactive ketones (excluding diaryl/α,β-unsaturated/α-hetero) is 1. The summed E-state index contributed by atoms with van der Waals surface area (Å²) in [7, 11) is 0. The minimum absolute atomic E-state index is 0.112. The summed E-state index contributed by atoms with van der Waals surface area (Å²) in [5.74, 6) is -2.10. The van der Waals surface area contributed by atoms with Crippen LogP contribution in [0.5, 0.6) is 11.5 Å². The fourth-order valence-corrected chi connectivity index (χ4v) is 1.57. The number of rotatable bonds is 3. The number of hydrogen-bond donors (Lipinski definition) is 5. The van der Waals surface area contributed by atoms with Crippen LogP contribution in [-0.2, 0) is 0 Å². The van der Waals surface area contributed by atoms with Gasteiger partial charge in [0.1, 0.15) is 11.6 Å². The molecule has 0 saturated heterocycles. The van der Waals surface area contributed by atoms with Crippen molar-refractivity contribution in [2.45, 2.75) is 0 Å². The number of nitrogens with two attached hydrogens (primary N) is 1. The molecule has 2 rings (SSSR count). The Kier molecular flexibility index (Phi) is 3.45. The summed E-state index contributed by atoms with van der Waals surface area (Å²) in [5.41, 5.74) is 4.56. The predicted molar refractivity (Wildman–Crippen MR) is 71.3 cm³/mol. The van der Waals surface area contributed by atoms with Crippen LogP contribution in [0.2, 0.25) is 0 Å². The Morgan fingerprint density at radius 1 is 1.43 bits per heavy atom. The van der Waals surface area contributed by atoms with Gasteiger partial charge >= 0.3 is 5.69 Å². The van der Waals surface area contributed by atoms with Crippen LogP contribution in [0.15, 0.2) is 22.5 Å². The Morgan fingerprint density at radius 3 is 2.67 bits per heavy atom. The second-order valence-corrected chi connectivity index (χ2v) is 4.00. The topological polar surface area (TPSA) is 169 Å². The number of phenolic OH excluding ortho intramolecular Hbond substituents is 2. The Hall–Kier alpha value is -3.54. The second-order valence-electron chi connectivity index (χ2n) is 4.00. The smallest absolute Gasteiger partial charge is 0.341 e. The summed E-state index contributed by atoms with van der Waals surface area (Å²) in [4.78, 5) is 25.0. The maximum absolute atomic E-state index is 11.9. The van der Waals surface area contributed by atoms with Crippen molar-refractivity contribution in [2.24, 2.45) is 0 Å². The molecular formula is C12H9N5O4. The van der Waals surface area contributed by atoms with Gasteiger partial charge in [0.2, 0.25) is 11.6 Å². The van der Waals surface area contributed by atoms with Crippen molar-refractivity contribution in [3.63, 3.8) is 0 Å². The van der Waals surface area contributed by atoms with Crippen LogP contribution in [0, 0.1) is 11.3 Å². The molecule has 0 spiro atoms. The molecule has 0 fully saturated rings. The largest absolute Gasteiger partial charge is 0.504 e. The molecule has 0 aliphatic heterocycles. The summed E-state index contributed by atoms with van der Waals surface area (Å²) < 4.78 is 0. The molecule has 0 amide bonds. The number of carbonyl (C=O) groups is 1. The zero-order chi connectivity index (χ0) is 15.6. The Bertz CT molecular complexity index is 817. The van der Waals surface area contributed by atoms with Crippen LogP contribution in [0.4, 0.5) is 5.69 Å². The number of nitrogens with zero attached hydrogens (tertiary/aromatic N) is 2. The predicted octanol–water partition coefficient (Wildman–Crippen LogP) is -0.119. The number of aromatic hydroxyl groups is 2. The number of nitrogens with one attached hydrogen (secondary N) is 2. The van der Waals surface area contributed by atoms with Crippen LogP contribution in [-0.4, -0.2) is 31.2 Å². The number of allylic oxidation sites excluding steroid dienone is 1. The molecule has 0 aliphatic carbocycles. The molecule has 21 heavy (non-hydrogen) atoms. The highest BCUT2D eigenvalue weighted by Crippen LogP contribution is 2.33. The number of carbonyl (C=O) groups excluding carboxylic acids is 1. The monoisotopic (exact) mass is 287 g/mol. The molecule has 0 atom stereocenters. The van der Waals surface area contributed by atoms with Gasteiger partial charge in [-0.25, -0.2) is 9.89 Å². The lowest BCUT2D eigenvalue weighted by Gasteiger charge is -2.03. The normalized spacial score (nSPS) is 11.1. The minimum atomic E-state index is -0.804. The lowest BCUT2D eigenvalue weighted by atomic mass is 10.1. The van der Waals surface area contributed by atoms with Crippen LogP contribution in [0.1, 0.15) is 16.2 Å². The number of anilines is 1. The first-order valence-corrected chi connectivity index (χ1v) is 5.55. The van der Waals surface area contributed by atoms with E-state index in [1.807, 2.05) is 5.10 Å². The molecular weight excluding hydrogens is 278 g/mol. The molecule has 106 valence electrons. The number of nitrogen functional groups attached to an aromatic ring is 1. The molecule has 6 N–H and O–H groups in total. The van der Waals surface area contributed by atoms with E-state index in [9.17, 15) is 19.8 Å². The number of aromatic nitrogens is 3. The van der Waals surface area contributed by atoms with Gasteiger partial charge < -0.3 is 15.9 Å². The highest BCUT2D eigenvalue weighted by atomic mass is 16.3. The number of H-pyrrole nitrogens is 2. The maximum atomic E-state index is 11.9. The molecule has 0 unspecified atom stereocenters. The first-order valence-electron chi connectivity index (χ1n) is 5.55. The maximum Gasteiger partial charge on any atom is 0.341 e. The summed E-state index contributed by atoms with van der Waals surface area (Å²) in [5, 5.41) is 33.2. The van der Waals surface area contributed by atoms with Gasteiger partial charge in [0.25, 0.3) is 0 Å². The van der Waals surface area contributed by atoms with Gasteiger partial charge in [0.05, 0.1) is 5.69 Å². The lowest BCUT2D eigenvalue weighted by molar-refractivity contribution is 0.103. The Labute approximate surface area is 117 Å². The van der Waals surface area contributed by atoms with Gasteiger partial charge in [-0.2, -0.15) is 5.26 Å². The molecule has 0 bridgehead atoms. The van der Waals surface area contributed by atoms with E-state index < -0.39 is 23.0 Å². The summed E-state index contributed by atoms with van der Waals surface area (Å²) in [6.07, 6.45) is 1.14. The van der Waals surface area contributed by atoms with Crippen molar-refractivity contribution >= 4 is 17.5 Å². The zero-order valence-electron chi connectivity index (χ0n) is 10.4. The number of benzene rings is 1. The van der Waals surface area contributed by atoms with Gasteiger partial charge in [-0.3, -0.25) is 9.78 Å². The fraction of sp³-hybridized carbons (Fsp3) is 0. The summed E-state index contributed by atoms with van der Waals surface area (Å²) in [6.45, 7) is 0. The van der Waals surface area contributed by atoms with E-state index in [0.29, 0.717) is 0 Å². The van der Waals surface area contributed by atoms with Crippen LogP contribution < -0.4 is 11.4 Å². The standard InChI is InChI=1S/C12H9N5O4/c13-4-6(9(19)11-15-12(21)17-16-11)1-5-2-7(14)10(20)8(18)3-5/h1-3,18,20H,14H2,(H2,15,16,17,21)/b6-1+. The zero-order valence-corrected chi connectivity index (χ0v) is 10.4. The molecule has 9 heteroatoms. The molecule has 2 aromatic rings. The lowest BCUT2D eigenvalue weighted by Crippen LogP contribution is -2.07. The highest BCUT2D eigenvalue weighted by molar-refractivity contribution is 6.11. The van der Waals surface area contributed by atoms with Crippen molar-refractivity contribution in [1.82, 2.24) is 15.2 Å². The highest BCUT2D eigenvalue weighted by Gasteiger charge is 2.16. The summed E-state index contributed by atoms with van der Waals surface area (Å²) in [6, 6.07) is 4.06. The van der Waals surface area contributed by atoms with E-state index in [1.165, 1.54) is 6.07 Å². The average molecular weight is 287 g/mol. The Balaban J connectivity index is 2.44. The van der Waals surface area contributed by atoms with Gasteiger partial charge in [0.15, 0.2) is 11.5 Å². The SMILES string of the molecule is N#C/C(=C\c1cc(N)c(O)c(O)c1)C(=O)c1n[nH]c(=O)[nH]1. The van der Waals surface area contributed by atoms with E-state index in [-0.39, 0.29) is 22.6 Å². The molecule has 9 nitrogen and oxygen atoms in total. The number of nitriles is 1. The first kappa shape index (κ1) is 13.9. The summed E-state index contributed by atoms with van der Waals surface area (Å²) >= 11 is 0. The fourth-order valence-electron chi connectivity index (χ4n) is 1.57. The number of phenols is 2. The quantitative estimate of drug-likeness (QED) is 0.172. The molecule has 0 aliphatic rings. The van der Waals surface area contributed by atoms with Crippen molar-refractivity contribution < 1.29 is 15.0 Å². The van der Waals surface area contributed by atoms with Gasteiger partial charge in [-0.1, -0.05) is 0 Å². The number of ketones is 1. The van der Waals surface area contributed by atoms with E-state index in [4.69, 9.17) is 11.0 Å². The van der Waals surface area contributed by atoms with Gasteiger partial charge in [-0.15, -0.1) is 5.10 Å². The van der Waals surface area contributed by atoms with E-state index in [1.54, 1.807) is 6.07 Å². The second kappa shape index (κ2) is 5.22. The van der Waals surface area contributed by atoms with E-state index in [2.05, 4.69) is 10.1 Å². The molecule has 0 saturated carbocycles. The third kappa shape index (κ3) is 2.74. The van der Waals surface area contributed by atoms with Crippen molar-refractivity contribution in [1.29, 1.82) is 5.26 Å². The molecule has 0 radical (unpaired) electrons. The van der Waals surface area contributed by atoms with E-state index in [0.717, 1.165) is 12.1 Å². The van der Waals surface area contributed by atoms with Crippen molar-refractivity contribution in [3.05, 3.63) is 39.6 Å². The molecule has 1 heterocycles. The molecule has 1 aromatic heterocycles. The number of hydrogen-bond acceptors (Lipinski definition) is 7. The average Bonchev–Trinajstić information content (AvgIpc) is 2.88. The van der Waals surface area contributed by atoms with E-state index >= 15 is 0 Å². The van der Waals surface area contributed by atoms with Gasteiger partial charge in [0, 0.05) is 0 Å². The minimum Gasteiger partial charge on any atom is -0.504 e. The number of aromatic amines is 2. The van der Waals surface area contributed by atoms with Crippen LogP contribution in [0.3, 0.4) is 0 Å². The van der Waals surface area contributed by atoms with Gasteiger partial charge in [-0.05, 0) is 23.8 Å².